The van der Waals surface area contributed by atoms with Crippen molar-refractivity contribution in [3.63, 3.8) is 0 Å². The minimum atomic E-state index is -0.244. The zero-order valence-corrected chi connectivity index (χ0v) is 13.3. The molecule has 1 fully saturated rings. The van der Waals surface area contributed by atoms with Crippen LogP contribution in [0.25, 0.3) is 0 Å². The van der Waals surface area contributed by atoms with Crippen LogP contribution in [0.3, 0.4) is 0 Å². The molecule has 1 saturated carbocycles. The number of carbonyl (C=O) groups is 2. The minimum absolute atomic E-state index is 0.0312. The molecule has 0 aliphatic heterocycles. The van der Waals surface area contributed by atoms with Crippen molar-refractivity contribution >= 4 is 34.8 Å². The predicted molar refractivity (Wildman–Crippen MR) is 91.8 cm³/mol. The molecule has 5 heteroatoms. The van der Waals surface area contributed by atoms with Crippen molar-refractivity contribution in [2.24, 2.45) is 5.92 Å². The van der Waals surface area contributed by atoms with Crippen molar-refractivity contribution in [2.75, 3.05) is 10.6 Å². The second kappa shape index (κ2) is 6.84. The van der Waals surface area contributed by atoms with Gasteiger partial charge in [-0.25, -0.2) is 0 Å². The molecule has 2 N–H and O–H groups in total. The molecule has 1 aliphatic carbocycles. The molecule has 0 atom stereocenters. The Morgan fingerprint density at radius 1 is 0.957 bits per heavy atom. The van der Waals surface area contributed by atoms with Crippen molar-refractivity contribution in [3.05, 3.63) is 59.1 Å². The standard InChI is InChI=1S/C18H17ClN2O2/c19-14-7-3-9-16(11-14)21-18(23)13-6-2-8-15(10-13)20-17(22)12-4-1-5-12/h2-3,6-12H,1,4-5H2,(H,20,22)(H,21,23). The van der Waals surface area contributed by atoms with Crippen LogP contribution >= 0.6 is 11.6 Å². The highest BCUT2D eigenvalue weighted by atomic mass is 35.5. The van der Waals surface area contributed by atoms with Gasteiger partial charge in [0.2, 0.25) is 5.91 Å². The topological polar surface area (TPSA) is 58.2 Å². The number of halogens is 1. The molecule has 0 radical (unpaired) electrons. The molecule has 3 rings (SSSR count). The highest BCUT2D eigenvalue weighted by Crippen LogP contribution is 2.27. The number of carbonyl (C=O) groups excluding carboxylic acids is 2. The quantitative estimate of drug-likeness (QED) is 0.877. The van der Waals surface area contributed by atoms with Gasteiger partial charge in [-0.3, -0.25) is 9.59 Å². The van der Waals surface area contributed by atoms with Crippen molar-refractivity contribution in [2.45, 2.75) is 19.3 Å². The minimum Gasteiger partial charge on any atom is -0.326 e. The summed E-state index contributed by atoms with van der Waals surface area (Å²) < 4.78 is 0. The summed E-state index contributed by atoms with van der Waals surface area (Å²) in [6.45, 7) is 0. The fraction of sp³-hybridized carbons (Fsp3) is 0.222. The van der Waals surface area contributed by atoms with E-state index in [2.05, 4.69) is 10.6 Å². The average molecular weight is 329 g/mol. The average Bonchev–Trinajstić information content (AvgIpc) is 2.45. The van der Waals surface area contributed by atoms with Crippen molar-refractivity contribution in [1.82, 2.24) is 0 Å². The maximum absolute atomic E-state index is 12.3. The highest BCUT2D eigenvalue weighted by molar-refractivity contribution is 6.31. The second-order valence-corrected chi connectivity index (χ2v) is 6.10. The Morgan fingerprint density at radius 3 is 2.30 bits per heavy atom. The van der Waals surface area contributed by atoms with E-state index in [4.69, 9.17) is 11.6 Å². The summed E-state index contributed by atoms with van der Waals surface area (Å²) in [6.07, 6.45) is 3.00. The van der Waals surface area contributed by atoms with Gasteiger partial charge >= 0.3 is 0 Å². The zero-order valence-electron chi connectivity index (χ0n) is 12.5. The molecule has 2 amide bonds. The summed E-state index contributed by atoms with van der Waals surface area (Å²) in [6, 6.07) is 13.9. The Hall–Kier alpha value is -2.33. The Labute approximate surface area is 139 Å². The third-order valence-corrected chi connectivity index (χ3v) is 4.19. The molecule has 118 valence electrons. The third-order valence-electron chi connectivity index (χ3n) is 3.95. The van der Waals surface area contributed by atoms with Crippen LogP contribution in [0.4, 0.5) is 11.4 Å². The van der Waals surface area contributed by atoms with E-state index in [9.17, 15) is 9.59 Å². The molecule has 4 nitrogen and oxygen atoms in total. The third kappa shape index (κ3) is 3.90. The van der Waals surface area contributed by atoms with E-state index in [1.54, 1.807) is 48.5 Å². The first-order chi connectivity index (χ1) is 11.1. The smallest absolute Gasteiger partial charge is 0.255 e. The lowest BCUT2D eigenvalue weighted by Crippen LogP contribution is -2.28. The number of hydrogen-bond donors (Lipinski definition) is 2. The molecule has 0 saturated heterocycles. The van der Waals surface area contributed by atoms with Gasteiger partial charge in [-0.2, -0.15) is 0 Å². The molecule has 2 aromatic rings. The predicted octanol–water partition coefficient (Wildman–Crippen LogP) is 4.33. The Balaban J connectivity index is 1.68. The molecule has 0 unspecified atom stereocenters. The van der Waals surface area contributed by atoms with Gasteiger partial charge in [-0.15, -0.1) is 0 Å². The highest BCUT2D eigenvalue weighted by Gasteiger charge is 2.25. The number of benzene rings is 2. The fourth-order valence-corrected chi connectivity index (χ4v) is 2.61. The van der Waals surface area contributed by atoms with Crippen LogP contribution in [0.2, 0.25) is 5.02 Å². The number of amides is 2. The van der Waals surface area contributed by atoms with Crippen molar-refractivity contribution in [1.29, 1.82) is 0 Å². The Kier molecular flexibility index (Phi) is 4.63. The molecule has 0 heterocycles. The second-order valence-electron chi connectivity index (χ2n) is 5.66. The van der Waals surface area contributed by atoms with E-state index in [0.717, 1.165) is 19.3 Å². The van der Waals surface area contributed by atoms with Gasteiger partial charge < -0.3 is 10.6 Å². The molecule has 0 bridgehead atoms. The first kappa shape index (κ1) is 15.6. The van der Waals surface area contributed by atoms with Crippen LogP contribution in [0.15, 0.2) is 48.5 Å². The van der Waals surface area contributed by atoms with Gasteiger partial charge in [0.1, 0.15) is 0 Å². The number of hydrogen-bond acceptors (Lipinski definition) is 2. The van der Waals surface area contributed by atoms with Crippen LogP contribution in [-0.4, -0.2) is 11.8 Å². The maximum Gasteiger partial charge on any atom is 0.255 e. The van der Waals surface area contributed by atoms with Crippen LogP contribution < -0.4 is 10.6 Å². The van der Waals surface area contributed by atoms with E-state index in [-0.39, 0.29) is 17.7 Å². The zero-order chi connectivity index (χ0) is 16.2. The summed E-state index contributed by atoms with van der Waals surface area (Å²) in [5.41, 5.74) is 1.75. The Bertz CT molecular complexity index is 741. The number of nitrogens with one attached hydrogen (secondary N) is 2. The summed E-state index contributed by atoms with van der Waals surface area (Å²) >= 11 is 5.91. The van der Waals surface area contributed by atoms with Gasteiger partial charge in [0.05, 0.1) is 0 Å². The van der Waals surface area contributed by atoms with Crippen LogP contribution in [0.5, 0.6) is 0 Å². The molecule has 23 heavy (non-hydrogen) atoms. The van der Waals surface area contributed by atoms with E-state index in [1.807, 2.05) is 0 Å². The molecule has 0 aromatic heterocycles. The van der Waals surface area contributed by atoms with Crippen molar-refractivity contribution in [3.8, 4) is 0 Å². The summed E-state index contributed by atoms with van der Waals surface area (Å²) in [5.74, 6) is -0.102. The molecule has 2 aromatic carbocycles. The lowest BCUT2D eigenvalue weighted by molar-refractivity contribution is -0.122. The molecule has 0 spiro atoms. The van der Waals surface area contributed by atoms with E-state index in [1.165, 1.54) is 0 Å². The Morgan fingerprint density at radius 2 is 1.65 bits per heavy atom. The molecule has 1 aliphatic rings. The van der Waals surface area contributed by atoms with Gasteiger partial charge in [-0.05, 0) is 49.2 Å². The monoisotopic (exact) mass is 328 g/mol. The van der Waals surface area contributed by atoms with Crippen LogP contribution in [0.1, 0.15) is 29.6 Å². The number of rotatable bonds is 4. The lowest BCUT2D eigenvalue weighted by atomic mass is 9.85. The maximum atomic E-state index is 12.3. The van der Waals surface area contributed by atoms with Gasteiger partial charge in [0.15, 0.2) is 0 Å². The lowest BCUT2D eigenvalue weighted by Gasteiger charge is -2.24. The summed E-state index contributed by atoms with van der Waals surface area (Å²) in [7, 11) is 0. The largest absolute Gasteiger partial charge is 0.326 e. The first-order valence-corrected chi connectivity index (χ1v) is 7.97. The van der Waals surface area contributed by atoms with Gasteiger partial charge in [0, 0.05) is 27.9 Å². The van der Waals surface area contributed by atoms with E-state index < -0.39 is 0 Å². The SMILES string of the molecule is O=C(Nc1cccc(Cl)c1)c1cccc(NC(=O)C2CCC2)c1. The molecular formula is C18H17ClN2O2. The van der Waals surface area contributed by atoms with E-state index in [0.29, 0.717) is 22.0 Å². The van der Waals surface area contributed by atoms with Gasteiger partial charge in [0.25, 0.3) is 5.91 Å². The fourth-order valence-electron chi connectivity index (χ4n) is 2.42. The van der Waals surface area contributed by atoms with Crippen LogP contribution in [-0.2, 0) is 4.79 Å². The normalized spacial score (nSPS) is 14.0. The summed E-state index contributed by atoms with van der Waals surface area (Å²) in [4.78, 5) is 24.3. The summed E-state index contributed by atoms with van der Waals surface area (Å²) in [5, 5.41) is 6.22. The van der Waals surface area contributed by atoms with Gasteiger partial charge in [-0.1, -0.05) is 30.2 Å². The molecular weight excluding hydrogens is 312 g/mol. The first-order valence-electron chi connectivity index (χ1n) is 7.60. The van der Waals surface area contributed by atoms with Crippen LogP contribution in [0, 0.1) is 5.92 Å². The van der Waals surface area contributed by atoms with E-state index >= 15 is 0 Å². The number of anilines is 2. The van der Waals surface area contributed by atoms with Crippen molar-refractivity contribution < 1.29 is 9.59 Å².